The maximum atomic E-state index is 10.6. The zero-order valence-electron chi connectivity index (χ0n) is 6.71. The average molecular weight is 158 g/mol. The SMILES string of the molecule is CC(=O)OC(C(C)=O)C(C)=O. The van der Waals surface area contributed by atoms with E-state index in [1.54, 1.807) is 0 Å². The van der Waals surface area contributed by atoms with Crippen molar-refractivity contribution in [3.8, 4) is 0 Å². The Bertz CT molecular complexity index is 181. The van der Waals surface area contributed by atoms with Crippen LogP contribution in [0.25, 0.3) is 0 Å². The summed E-state index contributed by atoms with van der Waals surface area (Å²) in [4.78, 5) is 31.6. The van der Waals surface area contributed by atoms with Crippen LogP contribution in [-0.4, -0.2) is 23.6 Å². The molecule has 0 heterocycles. The number of carbonyl (C=O) groups is 3. The van der Waals surface area contributed by atoms with Gasteiger partial charge in [0.1, 0.15) is 0 Å². The van der Waals surface area contributed by atoms with Crippen molar-refractivity contribution in [2.24, 2.45) is 0 Å². The maximum absolute atomic E-state index is 10.6. The maximum Gasteiger partial charge on any atom is 0.303 e. The first-order valence-corrected chi connectivity index (χ1v) is 3.13. The lowest BCUT2D eigenvalue weighted by Gasteiger charge is -2.08. The van der Waals surface area contributed by atoms with Crippen LogP contribution in [0.2, 0.25) is 0 Å². The molecule has 0 spiro atoms. The summed E-state index contributed by atoms with van der Waals surface area (Å²) in [5, 5.41) is 0. The first-order chi connectivity index (χ1) is 4.95. The van der Waals surface area contributed by atoms with Crippen LogP contribution in [0.15, 0.2) is 0 Å². The predicted octanol–water partition coefficient (Wildman–Crippen LogP) is 0.0961. The predicted molar refractivity (Wildman–Crippen MR) is 36.9 cm³/mol. The van der Waals surface area contributed by atoms with Gasteiger partial charge in [-0.3, -0.25) is 14.4 Å². The van der Waals surface area contributed by atoms with E-state index < -0.39 is 23.6 Å². The van der Waals surface area contributed by atoms with Gasteiger partial charge >= 0.3 is 5.97 Å². The smallest absolute Gasteiger partial charge is 0.303 e. The Kier molecular flexibility index (Phi) is 3.44. The fraction of sp³-hybridized carbons (Fsp3) is 0.571. The van der Waals surface area contributed by atoms with Crippen LogP contribution in [0.1, 0.15) is 20.8 Å². The van der Waals surface area contributed by atoms with Crippen LogP contribution in [0, 0.1) is 0 Å². The fourth-order valence-corrected chi connectivity index (χ4v) is 0.618. The van der Waals surface area contributed by atoms with E-state index in [2.05, 4.69) is 4.74 Å². The number of rotatable bonds is 3. The lowest BCUT2D eigenvalue weighted by atomic mass is 10.2. The van der Waals surface area contributed by atoms with Crippen LogP contribution in [0.5, 0.6) is 0 Å². The molecule has 4 heteroatoms. The third-order valence-corrected chi connectivity index (χ3v) is 1.02. The van der Waals surface area contributed by atoms with Gasteiger partial charge in [0.05, 0.1) is 0 Å². The second kappa shape index (κ2) is 3.85. The summed E-state index contributed by atoms with van der Waals surface area (Å²) < 4.78 is 4.44. The zero-order chi connectivity index (χ0) is 9.02. The molecular weight excluding hydrogens is 148 g/mol. The Morgan fingerprint density at radius 2 is 1.36 bits per heavy atom. The van der Waals surface area contributed by atoms with Crippen LogP contribution in [0.3, 0.4) is 0 Å². The molecular formula is C7H10O4. The van der Waals surface area contributed by atoms with Gasteiger partial charge in [-0.05, 0) is 13.8 Å². The second-order valence-corrected chi connectivity index (χ2v) is 2.21. The first-order valence-electron chi connectivity index (χ1n) is 3.13. The summed E-state index contributed by atoms with van der Waals surface area (Å²) >= 11 is 0. The van der Waals surface area contributed by atoms with E-state index in [9.17, 15) is 14.4 Å². The van der Waals surface area contributed by atoms with Gasteiger partial charge in [-0.2, -0.15) is 0 Å². The highest BCUT2D eigenvalue weighted by molar-refractivity contribution is 6.04. The zero-order valence-corrected chi connectivity index (χ0v) is 6.71. The van der Waals surface area contributed by atoms with Crippen LogP contribution >= 0.6 is 0 Å². The lowest BCUT2D eigenvalue weighted by molar-refractivity contribution is -0.157. The molecule has 11 heavy (non-hydrogen) atoms. The van der Waals surface area contributed by atoms with Crippen LogP contribution < -0.4 is 0 Å². The van der Waals surface area contributed by atoms with E-state index in [0.29, 0.717) is 0 Å². The topological polar surface area (TPSA) is 60.4 Å². The van der Waals surface area contributed by atoms with Gasteiger partial charge in [0.2, 0.25) is 6.10 Å². The minimum atomic E-state index is -1.22. The number of ketones is 2. The average Bonchev–Trinajstić information content (AvgIpc) is 1.81. The Balaban J connectivity index is 4.23. The van der Waals surface area contributed by atoms with Crippen molar-refractivity contribution in [3.63, 3.8) is 0 Å². The summed E-state index contributed by atoms with van der Waals surface area (Å²) in [6.07, 6.45) is -1.22. The molecule has 0 aliphatic heterocycles. The highest BCUT2D eigenvalue weighted by atomic mass is 16.5. The normalized spacial score (nSPS) is 9.45. The molecule has 0 amide bonds. The quantitative estimate of drug-likeness (QED) is 0.431. The van der Waals surface area contributed by atoms with Crippen LogP contribution in [-0.2, 0) is 19.1 Å². The number of hydrogen-bond donors (Lipinski definition) is 0. The standard InChI is InChI=1S/C7H10O4/c1-4(8)7(5(2)9)11-6(3)10/h7H,1-3H3. The van der Waals surface area contributed by atoms with E-state index in [1.165, 1.54) is 13.8 Å². The number of Topliss-reactive ketones (excluding diaryl/α,β-unsaturated/α-hetero) is 2. The van der Waals surface area contributed by atoms with Gasteiger partial charge in [-0.15, -0.1) is 0 Å². The Morgan fingerprint density at radius 1 is 1.00 bits per heavy atom. The van der Waals surface area contributed by atoms with Crippen molar-refractivity contribution in [1.29, 1.82) is 0 Å². The monoisotopic (exact) mass is 158 g/mol. The summed E-state index contributed by atoms with van der Waals surface area (Å²) in [6, 6.07) is 0. The lowest BCUT2D eigenvalue weighted by Crippen LogP contribution is -2.30. The van der Waals surface area contributed by atoms with Crippen molar-refractivity contribution < 1.29 is 19.1 Å². The van der Waals surface area contributed by atoms with Gasteiger partial charge in [-0.1, -0.05) is 0 Å². The van der Waals surface area contributed by atoms with E-state index in [0.717, 1.165) is 6.92 Å². The molecule has 0 aromatic carbocycles. The van der Waals surface area contributed by atoms with Crippen molar-refractivity contribution in [1.82, 2.24) is 0 Å². The van der Waals surface area contributed by atoms with Gasteiger partial charge in [-0.25, -0.2) is 0 Å². The fourth-order valence-electron chi connectivity index (χ4n) is 0.618. The molecule has 4 nitrogen and oxygen atoms in total. The molecule has 0 N–H and O–H groups in total. The number of ether oxygens (including phenoxy) is 1. The largest absolute Gasteiger partial charge is 0.446 e. The van der Waals surface area contributed by atoms with Crippen molar-refractivity contribution in [3.05, 3.63) is 0 Å². The highest BCUT2D eigenvalue weighted by Crippen LogP contribution is 1.95. The van der Waals surface area contributed by atoms with Crippen LogP contribution in [0.4, 0.5) is 0 Å². The summed E-state index contributed by atoms with van der Waals surface area (Å²) in [6.45, 7) is 3.56. The third kappa shape index (κ3) is 3.50. The van der Waals surface area contributed by atoms with E-state index in [4.69, 9.17) is 0 Å². The van der Waals surface area contributed by atoms with Crippen molar-refractivity contribution in [2.45, 2.75) is 26.9 Å². The van der Waals surface area contributed by atoms with Crippen molar-refractivity contribution >= 4 is 17.5 Å². The van der Waals surface area contributed by atoms with E-state index in [-0.39, 0.29) is 0 Å². The minimum absolute atomic E-state index is 0.451. The molecule has 0 aromatic rings. The van der Waals surface area contributed by atoms with Gasteiger partial charge in [0.15, 0.2) is 11.6 Å². The molecule has 0 rings (SSSR count). The second-order valence-electron chi connectivity index (χ2n) is 2.21. The molecule has 0 radical (unpaired) electrons. The van der Waals surface area contributed by atoms with E-state index in [1.807, 2.05) is 0 Å². The third-order valence-electron chi connectivity index (χ3n) is 1.02. The molecule has 0 aromatic heterocycles. The molecule has 0 atom stereocenters. The first kappa shape index (κ1) is 9.81. The summed E-state index contributed by atoms with van der Waals surface area (Å²) in [5.74, 6) is -1.53. The van der Waals surface area contributed by atoms with Gasteiger partial charge in [0, 0.05) is 6.92 Å². The molecule has 0 saturated carbocycles. The minimum Gasteiger partial charge on any atom is -0.446 e. The molecule has 0 saturated heterocycles. The Hall–Kier alpha value is -1.19. The summed E-state index contributed by atoms with van der Waals surface area (Å²) in [7, 11) is 0. The molecule has 0 aliphatic rings. The Morgan fingerprint density at radius 3 is 1.45 bits per heavy atom. The highest BCUT2D eigenvalue weighted by Gasteiger charge is 2.21. The molecule has 0 unspecified atom stereocenters. The number of hydrogen-bond acceptors (Lipinski definition) is 4. The number of esters is 1. The van der Waals surface area contributed by atoms with Crippen molar-refractivity contribution in [2.75, 3.05) is 0 Å². The van der Waals surface area contributed by atoms with E-state index >= 15 is 0 Å². The summed E-state index contributed by atoms with van der Waals surface area (Å²) in [5.41, 5.74) is 0. The molecule has 62 valence electrons. The number of carbonyl (C=O) groups excluding carboxylic acids is 3. The van der Waals surface area contributed by atoms with Gasteiger partial charge in [0.25, 0.3) is 0 Å². The molecule has 0 aliphatic carbocycles. The Labute approximate surface area is 64.5 Å². The molecule has 0 fully saturated rings. The van der Waals surface area contributed by atoms with Gasteiger partial charge < -0.3 is 4.74 Å². The molecule has 0 bridgehead atoms.